The van der Waals surface area contributed by atoms with E-state index in [4.69, 9.17) is 4.74 Å². The summed E-state index contributed by atoms with van der Waals surface area (Å²) in [6.45, 7) is 3.89. The largest absolute Gasteiger partial charge is 0.416 e. The zero-order valence-electron chi connectivity index (χ0n) is 9.77. The molecule has 0 aromatic heterocycles. The summed E-state index contributed by atoms with van der Waals surface area (Å²) in [5.74, 6) is 0. The summed E-state index contributed by atoms with van der Waals surface area (Å²) >= 11 is 3.24. The van der Waals surface area contributed by atoms with Gasteiger partial charge in [0.25, 0.3) is 0 Å². The summed E-state index contributed by atoms with van der Waals surface area (Å²) < 4.78 is 43.5. The highest BCUT2D eigenvalue weighted by Gasteiger charge is 2.34. The molecule has 100 valence electrons. The van der Waals surface area contributed by atoms with Gasteiger partial charge in [0.1, 0.15) is 0 Å². The SMILES string of the molecule is CC1(CNc2cc(C(F)(F)F)ccc2Br)COC1. The lowest BCUT2D eigenvalue weighted by Gasteiger charge is -2.38. The number of hydrogen-bond acceptors (Lipinski definition) is 2. The first-order valence-electron chi connectivity index (χ1n) is 5.49. The van der Waals surface area contributed by atoms with Crippen molar-refractivity contribution in [2.24, 2.45) is 5.41 Å². The van der Waals surface area contributed by atoms with Crippen LogP contribution in [-0.2, 0) is 10.9 Å². The Kier molecular flexibility index (Phi) is 3.60. The van der Waals surface area contributed by atoms with Crippen molar-refractivity contribution in [3.8, 4) is 0 Å². The number of rotatable bonds is 3. The Bertz CT molecular complexity index is 443. The van der Waals surface area contributed by atoms with Crippen molar-refractivity contribution in [3.05, 3.63) is 28.2 Å². The predicted octanol–water partition coefficient (Wildman–Crippen LogP) is 3.92. The Morgan fingerprint density at radius 3 is 2.56 bits per heavy atom. The molecule has 0 atom stereocenters. The average Bonchev–Trinajstić information content (AvgIpc) is 2.24. The quantitative estimate of drug-likeness (QED) is 0.910. The molecule has 1 aromatic rings. The van der Waals surface area contributed by atoms with Crippen LogP contribution in [0.1, 0.15) is 12.5 Å². The second kappa shape index (κ2) is 4.74. The number of alkyl halides is 3. The third-order valence-corrected chi connectivity index (χ3v) is 3.59. The number of halogens is 4. The number of ether oxygens (including phenoxy) is 1. The predicted molar refractivity (Wildman–Crippen MR) is 66.6 cm³/mol. The summed E-state index contributed by atoms with van der Waals surface area (Å²) in [5.41, 5.74) is -0.186. The van der Waals surface area contributed by atoms with Crippen molar-refractivity contribution in [2.45, 2.75) is 13.1 Å². The molecule has 0 unspecified atom stereocenters. The van der Waals surface area contributed by atoms with E-state index in [1.807, 2.05) is 6.92 Å². The summed E-state index contributed by atoms with van der Waals surface area (Å²) in [4.78, 5) is 0. The number of nitrogens with one attached hydrogen (secondary N) is 1. The minimum atomic E-state index is -4.32. The van der Waals surface area contributed by atoms with Gasteiger partial charge in [0.15, 0.2) is 0 Å². The lowest BCUT2D eigenvalue weighted by atomic mass is 9.88. The summed E-state index contributed by atoms with van der Waals surface area (Å²) in [5, 5.41) is 3.04. The van der Waals surface area contributed by atoms with Crippen LogP contribution in [0.4, 0.5) is 18.9 Å². The molecule has 1 aliphatic heterocycles. The Hall–Kier alpha value is -0.750. The van der Waals surface area contributed by atoms with Gasteiger partial charge in [-0.2, -0.15) is 13.2 Å². The smallest absolute Gasteiger partial charge is 0.383 e. The molecule has 0 spiro atoms. The van der Waals surface area contributed by atoms with Crippen LogP contribution in [0, 0.1) is 5.41 Å². The van der Waals surface area contributed by atoms with E-state index in [1.54, 1.807) is 0 Å². The normalized spacial score (nSPS) is 18.3. The molecule has 1 aliphatic rings. The van der Waals surface area contributed by atoms with Crippen molar-refractivity contribution >= 4 is 21.6 Å². The fourth-order valence-corrected chi connectivity index (χ4v) is 2.09. The Morgan fingerprint density at radius 2 is 2.06 bits per heavy atom. The first-order chi connectivity index (χ1) is 8.30. The van der Waals surface area contributed by atoms with Crippen LogP contribution in [0.25, 0.3) is 0 Å². The molecule has 0 aliphatic carbocycles. The monoisotopic (exact) mass is 323 g/mol. The lowest BCUT2D eigenvalue weighted by molar-refractivity contribution is -0.137. The Morgan fingerprint density at radius 1 is 1.39 bits per heavy atom. The van der Waals surface area contributed by atoms with E-state index < -0.39 is 11.7 Å². The van der Waals surface area contributed by atoms with E-state index in [0.29, 0.717) is 29.9 Å². The molecule has 0 saturated carbocycles. The summed E-state index contributed by atoms with van der Waals surface area (Å²) in [6, 6.07) is 3.58. The topological polar surface area (TPSA) is 21.3 Å². The minimum absolute atomic E-state index is 0.00762. The minimum Gasteiger partial charge on any atom is -0.383 e. The highest BCUT2D eigenvalue weighted by molar-refractivity contribution is 9.10. The average molecular weight is 324 g/mol. The Balaban J connectivity index is 2.11. The maximum atomic E-state index is 12.6. The fraction of sp³-hybridized carbons (Fsp3) is 0.500. The maximum Gasteiger partial charge on any atom is 0.416 e. The van der Waals surface area contributed by atoms with E-state index in [9.17, 15) is 13.2 Å². The molecule has 0 bridgehead atoms. The molecule has 1 heterocycles. The van der Waals surface area contributed by atoms with Gasteiger partial charge >= 0.3 is 6.18 Å². The third-order valence-electron chi connectivity index (χ3n) is 2.90. The van der Waals surface area contributed by atoms with Gasteiger partial charge in [-0.1, -0.05) is 6.92 Å². The first-order valence-corrected chi connectivity index (χ1v) is 6.28. The van der Waals surface area contributed by atoms with Gasteiger partial charge in [-0.25, -0.2) is 0 Å². The van der Waals surface area contributed by atoms with Gasteiger partial charge in [-0.3, -0.25) is 0 Å². The van der Waals surface area contributed by atoms with E-state index in [0.717, 1.165) is 12.1 Å². The fourth-order valence-electron chi connectivity index (χ4n) is 1.70. The van der Waals surface area contributed by atoms with Gasteiger partial charge in [0, 0.05) is 22.1 Å². The van der Waals surface area contributed by atoms with Gasteiger partial charge in [-0.05, 0) is 34.1 Å². The van der Waals surface area contributed by atoms with Crippen LogP contribution < -0.4 is 5.32 Å². The molecule has 0 radical (unpaired) electrons. The molecular weight excluding hydrogens is 311 g/mol. The van der Waals surface area contributed by atoms with Crippen molar-refractivity contribution < 1.29 is 17.9 Å². The van der Waals surface area contributed by atoms with Crippen LogP contribution in [-0.4, -0.2) is 19.8 Å². The standard InChI is InChI=1S/C12H13BrF3NO/c1-11(6-18-7-11)5-17-10-4-8(12(14,15)16)2-3-9(10)13/h2-4,17H,5-7H2,1H3. The van der Waals surface area contributed by atoms with E-state index in [1.165, 1.54) is 6.07 Å². The molecule has 0 amide bonds. The molecule has 1 N–H and O–H groups in total. The van der Waals surface area contributed by atoms with Gasteiger partial charge < -0.3 is 10.1 Å². The molecule has 1 saturated heterocycles. The van der Waals surface area contributed by atoms with Gasteiger partial charge in [-0.15, -0.1) is 0 Å². The van der Waals surface area contributed by atoms with Crippen molar-refractivity contribution in [2.75, 3.05) is 25.1 Å². The molecular formula is C12H13BrF3NO. The molecule has 2 rings (SSSR count). The molecule has 6 heteroatoms. The highest BCUT2D eigenvalue weighted by Crippen LogP contribution is 2.35. The molecule has 1 fully saturated rings. The zero-order valence-corrected chi connectivity index (χ0v) is 11.4. The first kappa shape index (κ1) is 13.7. The number of benzene rings is 1. The molecule has 1 aromatic carbocycles. The van der Waals surface area contributed by atoms with Crippen LogP contribution >= 0.6 is 15.9 Å². The molecule has 18 heavy (non-hydrogen) atoms. The second-order valence-corrected chi connectivity index (χ2v) is 5.70. The second-order valence-electron chi connectivity index (χ2n) is 4.85. The molecule has 2 nitrogen and oxygen atoms in total. The van der Waals surface area contributed by atoms with Crippen LogP contribution in [0.3, 0.4) is 0 Å². The number of hydrogen-bond donors (Lipinski definition) is 1. The lowest BCUT2D eigenvalue weighted by Crippen LogP contribution is -2.45. The van der Waals surface area contributed by atoms with Crippen LogP contribution in [0.5, 0.6) is 0 Å². The van der Waals surface area contributed by atoms with Crippen molar-refractivity contribution in [1.82, 2.24) is 0 Å². The summed E-state index contributed by atoms with van der Waals surface area (Å²) in [7, 11) is 0. The van der Waals surface area contributed by atoms with Crippen LogP contribution in [0.15, 0.2) is 22.7 Å². The highest BCUT2D eigenvalue weighted by atomic mass is 79.9. The summed E-state index contributed by atoms with van der Waals surface area (Å²) in [6.07, 6.45) is -4.32. The maximum absolute atomic E-state index is 12.6. The zero-order chi connectivity index (χ0) is 13.4. The van der Waals surface area contributed by atoms with E-state index in [-0.39, 0.29) is 5.41 Å². The van der Waals surface area contributed by atoms with E-state index >= 15 is 0 Å². The van der Waals surface area contributed by atoms with E-state index in [2.05, 4.69) is 21.2 Å². The Labute approximate surface area is 112 Å². The van der Waals surface area contributed by atoms with Crippen molar-refractivity contribution in [1.29, 1.82) is 0 Å². The van der Waals surface area contributed by atoms with Gasteiger partial charge in [0.05, 0.1) is 18.8 Å². The van der Waals surface area contributed by atoms with Crippen molar-refractivity contribution in [3.63, 3.8) is 0 Å². The third kappa shape index (κ3) is 2.98. The van der Waals surface area contributed by atoms with Crippen LogP contribution in [0.2, 0.25) is 0 Å². The van der Waals surface area contributed by atoms with Gasteiger partial charge in [0.2, 0.25) is 0 Å². The number of anilines is 1.